The zero-order valence-corrected chi connectivity index (χ0v) is 18.1. The zero-order valence-electron chi connectivity index (χ0n) is 17.3. The predicted octanol–water partition coefficient (Wildman–Crippen LogP) is 2.41. The SMILES string of the molecule is CS(=O)(=O)c1cnc(N2CCCC2)nc1C1CCN(C(=O)CCc2ccco2)CC1. The van der Waals surface area contributed by atoms with E-state index in [1.807, 2.05) is 17.0 Å². The first-order valence-corrected chi connectivity index (χ1v) is 12.4. The molecule has 2 saturated heterocycles. The van der Waals surface area contributed by atoms with Crippen LogP contribution in [0.25, 0.3) is 0 Å². The molecule has 0 N–H and O–H groups in total. The maximum Gasteiger partial charge on any atom is 0.225 e. The molecule has 0 unspecified atom stereocenters. The molecule has 2 aromatic heterocycles. The van der Waals surface area contributed by atoms with Gasteiger partial charge in [-0.25, -0.2) is 18.4 Å². The monoisotopic (exact) mass is 432 g/mol. The Morgan fingerprint density at radius 1 is 1.20 bits per heavy atom. The van der Waals surface area contributed by atoms with E-state index in [0.29, 0.717) is 50.4 Å². The number of aryl methyl sites for hydroxylation is 1. The highest BCUT2D eigenvalue weighted by molar-refractivity contribution is 7.90. The Hall–Kier alpha value is -2.42. The van der Waals surface area contributed by atoms with Crippen LogP contribution in [0.4, 0.5) is 5.95 Å². The van der Waals surface area contributed by atoms with Crippen LogP contribution >= 0.6 is 0 Å². The molecule has 0 aliphatic carbocycles. The molecule has 0 aromatic carbocycles. The number of carbonyl (C=O) groups is 1. The number of likely N-dealkylation sites (tertiary alicyclic amines) is 1. The number of hydrogen-bond acceptors (Lipinski definition) is 7. The van der Waals surface area contributed by atoms with Gasteiger partial charge in [0, 0.05) is 51.2 Å². The van der Waals surface area contributed by atoms with Crippen LogP contribution in [0.5, 0.6) is 0 Å². The van der Waals surface area contributed by atoms with Crippen LogP contribution in [0.1, 0.15) is 49.5 Å². The predicted molar refractivity (Wildman–Crippen MR) is 112 cm³/mol. The van der Waals surface area contributed by atoms with Crippen LogP contribution in [0.3, 0.4) is 0 Å². The standard InChI is InChI=1S/C21H28N4O4S/c1-30(27,28)18-15-22-21(25-10-2-3-11-25)23-20(18)16-8-12-24(13-9-16)19(26)7-6-17-5-4-14-29-17/h4-5,14-16H,2-3,6-13H2,1H3. The fourth-order valence-electron chi connectivity index (χ4n) is 4.27. The average molecular weight is 433 g/mol. The van der Waals surface area contributed by atoms with E-state index in [0.717, 1.165) is 31.7 Å². The van der Waals surface area contributed by atoms with Gasteiger partial charge in [0.2, 0.25) is 11.9 Å². The lowest BCUT2D eigenvalue weighted by Gasteiger charge is -2.32. The van der Waals surface area contributed by atoms with E-state index in [4.69, 9.17) is 9.40 Å². The Morgan fingerprint density at radius 2 is 1.93 bits per heavy atom. The Labute approximate surface area is 177 Å². The lowest BCUT2D eigenvalue weighted by Crippen LogP contribution is -2.38. The number of furan rings is 1. The van der Waals surface area contributed by atoms with Crippen molar-refractivity contribution in [3.8, 4) is 0 Å². The van der Waals surface area contributed by atoms with Gasteiger partial charge in [-0.1, -0.05) is 0 Å². The molecule has 0 radical (unpaired) electrons. The maximum atomic E-state index is 12.5. The fourth-order valence-corrected chi connectivity index (χ4v) is 5.10. The summed E-state index contributed by atoms with van der Waals surface area (Å²) < 4.78 is 30.0. The summed E-state index contributed by atoms with van der Waals surface area (Å²) in [6.45, 7) is 3.02. The van der Waals surface area contributed by atoms with Gasteiger partial charge in [-0.2, -0.15) is 0 Å². The molecule has 1 amide bonds. The summed E-state index contributed by atoms with van der Waals surface area (Å²) in [6.07, 6.45) is 8.90. The summed E-state index contributed by atoms with van der Waals surface area (Å²) in [4.78, 5) is 25.8. The smallest absolute Gasteiger partial charge is 0.225 e. The quantitative estimate of drug-likeness (QED) is 0.691. The number of sulfone groups is 1. The van der Waals surface area contributed by atoms with Gasteiger partial charge in [0.1, 0.15) is 10.7 Å². The van der Waals surface area contributed by atoms with Gasteiger partial charge in [0.15, 0.2) is 9.84 Å². The van der Waals surface area contributed by atoms with Gasteiger partial charge in [-0.15, -0.1) is 0 Å². The molecular formula is C21H28N4O4S. The van der Waals surface area contributed by atoms with Gasteiger partial charge in [-0.3, -0.25) is 4.79 Å². The molecular weight excluding hydrogens is 404 g/mol. The number of amides is 1. The second kappa shape index (κ2) is 8.75. The molecule has 2 aliphatic heterocycles. The molecule has 0 bridgehead atoms. The van der Waals surface area contributed by atoms with E-state index in [1.165, 1.54) is 12.5 Å². The van der Waals surface area contributed by atoms with E-state index in [1.54, 1.807) is 6.26 Å². The van der Waals surface area contributed by atoms with E-state index >= 15 is 0 Å². The lowest BCUT2D eigenvalue weighted by molar-refractivity contribution is -0.132. The van der Waals surface area contributed by atoms with Gasteiger partial charge >= 0.3 is 0 Å². The summed E-state index contributed by atoms with van der Waals surface area (Å²) >= 11 is 0. The van der Waals surface area contributed by atoms with Gasteiger partial charge in [0.25, 0.3) is 0 Å². The first kappa shape index (κ1) is 20.8. The average Bonchev–Trinajstić information content (AvgIpc) is 3.45. The highest BCUT2D eigenvalue weighted by Gasteiger charge is 2.30. The summed E-state index contributed by atoms with van der Waals surface area (Å²) in [5.74, 6) is 1.54. The highest BCUT2D eigenvalue weighted by atomic mass is 32.2. The molecule has 8 nitrogen and oxygen atoms in total. The molecule has 162 valence electrons. The molecule has 0 atom stereocenters. The van der Waals surface area contributed by atoms with Crippen LogP contribution in [0.2, 0.25) is 0 Å². The minimum absolute atomic E-state index is 0.00759. The molecule has 2 fully saturated rings. The molecule has 30 heavy (non-hydrogen) atoms. The number of anilines is 1. The third kappa shape index (κ3) is 4.66. The number of piperidine rings is 1. The van der Waals surface area contributed by atoms with Crippen LogP contribution in [-0.2, 0) is 21.1 Å². The second-order valence-electron chi connectivity index (χ2n) is 8.12. The van der Waals surface area contributed by atoms with E-state index in [2.05, 4.69) is 9.88 Å². The van der Waals surface area contributed by atoms with Crippen LogP contribution < -0.4 is 4.90 Å². The third-order valence-corrected chi connectivity index (χ3v) is 7.07. The fraction of sp³-hybridized carbons (Fsp3) is 0.571. The van der Waals surface area contributed by atoms with Crippen molar-refractivity contribution in [2.75, 3.05) is 37.3 Å². The van der Waals surface area contributed by atoms with Crippen molar-refractivity contribution >= 4 is 21.7 Å². The second-order valence-corrected chi connectivity index (χ2v) is 10.1. The van der Waals surface area contributed by atoms with Crippen LogP contribution in [-0.4, -0.2) is 61.6 Å². The summed E-state index contributed by atoms with van der Waals surface area (Å²) in [5, 5.41) is 0. The van der Waals surface area contributed by atoms with Crippen LogP contribution in [0, 0.1) is 0 Å². The summed E-state index contributed by atoms with van der Waals surface area (Å²) in [7, 11) is -3.42. The summed E-state index contributed by atoms with van der Waals surface area (Å²) in [5.41, 5.74) is 0.608. The lowest BCUT2D eigenvalue weighted by atomic mass is 9.93. The number of carbonyl (C=O) groups excluding carboxylic acids is 1. The molecule has 0 spiro atoms. The van der Waals surface area contributed by atoms with E-state index in [9.17, 15) is 13.2 Å². The van der Waals surface area contributed by atoms with Crippen molar-refractivity contribution in [3.63, 3.8) is 0 Å². The number of hydrogen-bond donors (Lipinski definition) is 0. The normalized spacial score (nSPS) is 18.2. The van der Waals surface area contributed by atoms with Crippen molar-refractivity contribution in [1.29, 1.82) is 0 Å². The number of nitrogens with zero attached hydrogens (tertiary/aromatic N) is 4. The molecule has 4 rings (SSSR count). The van der Waals surface area contributed by atoms with Gasteiger partial charge in [0.05, 0.1) is 18.2 Å². The van der Waals surface area contributed by atoms with Gasteiger partial charge < -0.3 is 14.2 Å². The third-order valence-electron chi connectivity index (χ3n) is 5.96. The minimum atomic E-state index is -3.42. The van der Waals surface area contributed by atoms with E-state index < -0.39 is 9.84 Å². The number of aromatic nitrogens is 2. The molecule has 2 aromatic rings. The van der Waals surface area contributed by atoms with E-state index in [-0.39, 0.29) is 16.7 Å². The molecule has 4 heterocycles. The minimum Gasteiger partial charge on any atom is -0.469 e. The largest absolute Gasteiger partial charge is 0.469 e. The Morgan fingerprint density at radius 3 is 2.57 bits per heavy atom. The topological polar surface area (TPSA) is 96.6 Å². The highest BCUT2D eigenvalue weighted by Crippen LogP contribution is 2.32. The first-order chi connectivity index (χ1) is 14.4. The van der Waals surface area contributed by atoms with Crippen molar-refractivity contribution in [2.45, 2.75) is 49.3 Å². The van der Waals surface area contributed by atoms with Gasteiger partial charge in [-0.05, 0) is 37.8 Å². The van der Waals surface area contributed by atoms with Crippen molar-refractivity contribution in [2.24, 2.45) is 0 Å². The Bertz CT molecular complexity index is 976. The van der Waals surface area contributed by atoms with Crippen molar-refractivity contribution in [3.05, 3.63) is 36.0 Å². The molecule has 9 heteroatoms. The molecule has 2 aliphatic rings. The van der Waals surface area contributed by atoms with Crippen molar-refractivity contribution < 1.29 is 17.6 Å². The van der Waals surface area contributed by atoms with Crippen LogP contribution in [0.15, 0.2) is 33.9 Å². The first-order valence-electron chi connectivity index (χ1n) is 10.5. The Balaban J connectivity index is 1.45. The van der Waals surface area contributed by atoms with Crippen molar-refractivity contribution in [1.82, 2.24) is 14.9 Å². The maximum absolute atomic E-state index is 12.5. The zero-order chi connectivity index (χ0) is 21.1. The molecule has 0 saturated carbocycles. The number of rotatable bonds is 6. The summed E-state index contributed by atoms with van der Waals surface area (Å²) in [6, 6.07) is 3.70. The Kier molecular flexibility index (Phi) is 6.08.